The Hall–Kier alpha value is -4.47. The Bertz CT molecular complexity index is 1510. The molecule has 5 aromatic rings. The largest absolute Gasteiger partial charge is 0.441 e. The second-order valence-corrected chi connectivity index (χ2v) is 8.28. The highest BCUT2D eigenvalue weighted by molar-refractivity contribution is 5.92. The van der Waals surface area contributed by atoms with Gasteiger partial charge in [-0.1, -0.05) is 18.2 Å². The summed E-state index contributed by atoms with van der Waals surface area (Å²) in [7, 11) is 0. The SMILES string of the molecule is Cc1nc2cc(NC(=O)NCCC3CN(c4ncnc5[nH]ncc45)c4ccccc43)ccc2o1. The average Bonchev–Trinajstić information content (AvgIpc) is 3.55. The summed E-state index contributed by atoms with van der Waals surface area (Å²) in [5.74, 6) is 1.68. The summed E-state index contributed by atoms with van der Waals surface area (Å²) in [6.45, 7) is 3.10. The zero-order chi connectivity index (χ0) is 23.1. The smallest absolute Gasteiger partial charge is 0.319 e. The van der Waals surface area contributed by atoms with Gasteiger partial charge in [0, 0.05) is 37.3 Å². The predicted molar refractivity (Wildman–Crippen MR) is 128 cm³/mol. The third kappa shape index (κ3) is 3.58. The number of amides is 2. The van der Waals surface area contributed by atoms with Crippen molar-refractivity contribution in [1.29, 1.82) is 0 Å². The van der Waals surface area contributed by atoms with Crippen LogP contribution in [0.5, 0.6) is 0 Å². The first-order valence-corrected chi connectivity index (χ1v) is 11.1. The molecule has 0 saturated heterocycles. The topological polar surface area (TPSA) is 125 Å². The minimum atomic E-state index is -0.251. The second kappa shape index (κ2) is 8.14. The van der Waals surface area contributed by atoms with E-state index in [9.17, 15) is 4.79 Å². The van der Waals surface area contributed by atoms with Gasteiger partial charge < -0.3 is 20.0 Å². The first kappa shape index (κ1) is 20.2. The molecule has 0 saturated carbocycles. The number of aromatic nitrogens is 5. The fourth-order valence-electron chi connectivity index (χ4n) is 4.57. The number of anilines is 3. The van der Waals surface area contributed by atoms with Gasteiger partial charge in [-0.05, 0) is 36.2 Å². The molecular formula is C24H22N8O2. The van der Waals surface area contributed by atoms with Crippen LogP contribution in [0.3, 0.4) is 0 Å². The Kier molecular flexibility index (Phi) is 4.83. The molecule has 1 aliphatic heterocycles. The van der Waals surface area contributed by atoms with E-state index in [1.54, 1.807) is 37.6 Å². The maximum absolute atomic E-state index is 12.5. The highest BCUT2D eigenvalue weighted by Gasteiger charge is 2.30. The average molecular weight is 454 g/mol. The molecule has 2 aromatic carbocycles. The molecule has 0 spiro atoms. The zero-order valence-electron chi connectivity index (χ0n) is 18.4. The molecule has 1 unspecified atom stereocenters. The number of carbonyl (C=O) groups excluding carboxylic acids is 1. The van der Waals surface area contributed by atoms with Crippen LogP contribution in [0.25, 0.3) is 22.1 Å². The fraction of sp³-hybridized carbons (Fsp3) is 0.208. The number of nitrogens with zero attached hydrogens (tertiary/aromatic N) is 5. The van der Waals surface area contributed by atoms with E-state index in [1.807, 2.05) is 12.1 Å². The van der Waals surface area contributed by atoms with Crippen LogP contribution in [0.1, 0.15) is 23.8 Å². The number of hydrogen-bond acceptors (Lipinski definition) is 7. The number of carbonyl (C=O) groups is 1. The van der Waals surface area contributed by atoms with E-state index < -0.39 is 0 Å². The quantitative estimate of drug-likeness (QED) is 0.362. The molecule has 1 aliphatic rings. The maximum Gasteiger partial charge on any atom is 0.319 e. The molecule has 0 radical (unpaired) electrons. The summed E-state index contributed by atoms with van der Waals surface area (Å²) < 4.78 is 5.48. The van der Waals surface area contributed by atoms with E-state index in [-0.39, 0.29) is 11.9 Å². The van der Waals surface area contributed by atoms with Gasteiger partial charge in [0.25, 0.3) is 0 Å². The molecule has 2 amide bonds. The van der Waals surface area contributed by atoms with Gasteiger partial charge in [0.1, 0.15) is 17.7 Å². The van der Waals surface area contributed by atoms with Crippen LogP contribution >= 0.6 is 0 Å². The molecule has 0 fully saturated rings. The van der Waals surface area contributed by atoms with Gasteiger partial charge in [-0.3, -0.25) is 5.10 Å². The van der Waals surface area contributed by atoms with Gasteiger partial charge in [0.15, 0.2) is 17.1 Å². The van der Waals surface area contributed by atoms with Crippen LogP contribution < -0.4 is 15.5 Å². The number of aromatic amines is 1. The van der Waals surface area contributed by atoms with Crippen LogP contribution in [-0.4, -0.2) is 44.3 Å². The minimum absolute atomic E-state index is 0.251. The molecule has 10 heteroatoms. The lowest BCUT2D eigenvalue weighted by molar-refractivity contribution is 0.252. The van der Waals surface area contributed by atoms with Crippen LogP contribution in [0.2, 0.25) is 0 Å². The van der Waals surface area contributed by atoms with Crippen LogP contribution in [-0.2, 0) is 0 Å². The Morgan fingerprint density at radius 1 is 1.24 bits per heavy atom. The van der Waals surface area contributed by atoms with Crippen molar-refractivity contribution in [3.63, 3.8) is 0 Å². The molecule has 34 heavy (non-hydrogen) atoms. The van der Waals surface area contributed by atoms with E-state index >= 15 is 0 Å². The summed E-state index contributed by atoms with van der Waals surface area (Å²) >= 11 is 0. The van der Waals surface area contributed by atoms with Gasteiger partial charge in [0.05, 0.1) is 11.6 Å². The Morgan fingerprint density at radius 3 is 3.09 bits per heavy atom. The lowest BCUT2D eigenvalue weighted by Crippen LogP contribution is -2.30. The summed E-state index contributed by atoms with van der Waals surface area (Å²) in [4.78, 5) is 27.8. The normalized spacial score (nSPS) is 15.1. The van der Waals surface area contributed by atoms with Gasteiger partial charge in [0.2, 0.25) is 0 Å². The van der Waals surface area contributed by atoms with Crippen LogP contribution in [0.15, 0.2) is 59.4 Å². The summed E-state index contributed by atoms with van der Waals surface area (Å²) in [5.41, 5.74) is 5.16. The highest BCUT2D eigenvalue weighted by Crippen LogP contribution is 2.42. The molecular weight excluding hydrogens is 432 g/mol. The van der Waals surface area contributed by atoms with E-state index in [0.29, 0.717) is 29.4 Å². The van der Waals surface area contributed by atoms with Gasteiger partial charge in [-0.15, -0.1) is 0 Å². The third-order valence-electron chi connectivity index (χ3n) is 6.08. The van der Waals surface area contributed by atoms with E-state index in [2.05, 4.69) is 52.8 Å². The monoisotopic (exact) mass is 454 g/mol. The van der Waals surface area contributed by atoms with Crippen LogP contribution in [0, 0.1) is 6.92 Å². The van der Waals surface area contributed by atoms with Crippen molar-refractivity contribution in [2.24, 2.45) is 0 Å². The number of H-pyrrole nitrogens is 1. The molecule has 6 rings (SSSR count). The number of rotatable bonds is 5. The van der Waals surface area contributed by atoms with Crippen molar-refractivity contribution in [2.75, 3.05) is 23.3 Å². The first-order valence-electron chi connectivity index (χ1n) is 11.1. The summed E-state index contributed by atoms with van der Waals surface area (Å²) in [5, 5.41) is 13.7. The predicted octanol–water partition coefficient (Wildman–Crippen LogP) is 4.25. The lowest BCUT2D eigenvalue weighted by atomic mass is 9.98. The number of urea groups is 1. The first-order chi connectivity index (χ1) is 16.7. The standard InChI is InChI=1S/C24H22N8O2/c1-14-29-19-10-16(6-7-21(19)34-14)30-24(33)25-9-8-15-12-32(20-5-3-2-4-17(15)20)23-18-11-28-31-22(18)26-13-27-23/h2-7,10-11,13,15H,8-9,12H2,1H3,(H2,25,30,33)(H,26,27,28,31). The number of aryl methyl sites for hydroxylation is 1. The number of nitrogens with one attached hydrogen (secondary N) is 3. The molecule has 0 bridgehead atoms. The molecule has 10 nitrogen and oxygen atoms in total. The van der Waals surface area contributed by atoms with Crippen molar-refractivity contribution in [1.82, 2.24) is 30.5 Å². The number of para-hydroxylation sites is 1. The van der Waals surface area contributed by atoms with Crippen LogP contribution in [0.4, 0.5) is 22.0 Å². The van der Waals surface area contributed by atoms with E-state index in [1.165, 1.54) is 5.56 Å². The number of benzene rings is 2. The van der Waals surface area contributed by atoms with Crippen molar-refractivity contribution in [2.45, 2.75) is 19.3 Å². The molecule has 0 aliphatic carbocycles. The molecule has 170 valence electrons. The van der Waals surface area contributed by atoms with E-state index in [0.717, 1.165) is 35.4 Å². The van der Waals surface area contributed by atoms with Gasteiger partial charge >= 0.3 is 6.03 Å². The van der Waals surface area contributed by atoms with Crippen molar-refractivity contribution >= 4 is 45.4 Å². The number of oxazole rings is 1. The zero-order valence-corrected chi connectivity index (χ0v) is 18.4. The van der Waals surface area contributed by atoms with Crippen molar-refractivity contribution in [3.8, 4) is 0 Å². The van der Waals surface area contributed by atoms with Crippen molar-refractivity contribution in [3.05, 3.63) is 66.4 Å². The Morgan fingerprint density at radius 2 is 2.15 bits per heavy atom. The van der Waals surface area contributed by atoms with E-state index in [4.69, 9.17) is 4.42 Å². The van der Waals surface area contributed by atoms with Gasteiger partial charge in [-0.25, -0.2) is 19.7 Å². The summed E-state index contributed by atoms with van der Waals surface area (Å²) in [6.07, 6.45) is 4.10. The molecule has 4 heterocycles. The Balaban J connectivity index is 1.13. The second-order valence-electron chi connectivity index (χ2n) is 8.28. The van der Waals surface area contributed by atoms with Crippen molar-refractivity contribution < 1.29 is 9.21 Å². The molecule has 1 atom stereocenters. The number of hydrogen-bond donors (Lipinski definition) is 3. The molecule has 3 aromatic heterocycles. The Labute approximate surface area is 194 Å². The molecule has 3 N–H and O–H groups in total. The highest BCUT2D eigenvalue weighted by atomic mass is 16.3. The minimum Gasteiger partial charge on any atom is -0.441 e. The summed E-state index contributed by atoms with van der Waals surface area (Å²) in [6, 6.07) is 13.5. The maximum atomic E-state index is 12.5. The fourth-order valence-corrected chi connectivity index (χ4v) is 4.57. The third-order valence-corrected chi connectivity index (χ3v) is 6.08. The number of fused-ring (bicyclic) bond motifs is 3. The lowest BCUT2D eigenvalue weighted by Gasteiger charge is -2.19. The van der Waals surface area contributed by atoms with Gasteiger partial charge in [-0.2, -0.15) is 5.10 Å².